The lowest BCUT2D eigenvalue weighted by Gasteiger charge is -2.21. The molecule has 2 bridgehead atoms. The van der Waals surface area contributed by atoms with Crippen LogP contribution < -0.4 is 5.84 Å². The van der Waals surface area contributed by atoms with E-state index in [4.69, 9.17) is 10.9 Å². The van der Waals surface area contributed by atoms with Gasteiger partial charge in [-0.25, -0.2) is 0 Å². The van der Waals surface area contributed by atoms with Crippen molar-refractivity contribution in [2.24, 2.45) is 22.3 Å². The van der Waals surface area contributed by atoms with Gasteiger partial charge in [0.25, 0.3) is 0 Å². The normalized spacial score (nSPS) is 42.3. The number of carbonyl (C=O) groups is 1. The van der Waals surface area contributed by atoms with E-state index in [1.807, 2.05) is 0 Å². The molecule has 4 heteroatoms. The molecule has 4 nitrogen and oxygen atoms in total. The fourth-order valence-corrected chi connectivity index (χ4v) is 2.55. The van der Waals surface area contributed by atoms with Crippen LogP contribution in [0.4, 0.5) is 0 Å². The Hall–Kier alpha value is -1.06. The van der Waals surface area contributed by atoms with Gasteiger partial charge in [0.05, 0.1) is 5.71 Å². The molecule has 2 rings (SSSR count). The summed E-state index contributed by atoms with van der Waals surface area (Å²) in [6, 6.07) is 0. The number of nitrogens with two attached hydrogens (primary N) is 1. The molecule has 2 aliphatic rings. The van der Waals surface area contributed by atoms with Crippen molar-refractivity contribution in [3.05, 3.63) is 0 Å². The molecular formula is C8H12N2O2. The van der Waals surface area contributed by atoms with E-state index in [0.717, 1.165) is 25.7 Å². The fraction of sp³-hybridized carbons (Fsp3) is 0.750. The maximum absolute atomic E-state index is 11.0. The standard InChI is InChI=1S/C8H12N2O2/c9-10-6-3-5-1-2-8(6,4-5)7(11)12/h5H,1-4,9H2,(H,11,12)/b10-6+. The van der Waals surface area contributed by atoms with Crippen molar-refractivity contribution in [2.45, 2.75) is 25.7 Å². The minimum Gasteiger partial charge on any atom is -0.481 e. The molecule has 2 unspecified atom stereocenters. The van der Waals surface area contributed by atoms with Gasteiger partial charge in [0.1, 0.15) is 5.41 Å². The predicted octanol–water partition coefficient (Wildman–Crippen LogP) is 0.576. The average Bonchev–Trinajstić information content (AvgIpc) is 2.60. The monoisotopic (exact) mass is 168 g/mol. The second-order valence-electron chi connectivity index (χ2n) is 3.78. The van der Waals surface area contributed by atoms with Crippen LogP contribution >= 0.6 is 0 Å². The van der Waals surface area contributed by atoms with E-state index in [-0.39, 0.29) is 0 Å². The second kappa shape index (κ2) is 2.21. The highest BCUT2D eigenvalue weighted by Crippen LogP contribution is 2.52. The number of hydrogen-bond acceptors (Lipinski definition) is 3. The van der Waals surface area contributed by atoms with Gasteiger partial charge >= 0.3 is 5.97 Å². The van der Waals surface area contributed by atoms with Crippen molar-refractivity contribution < 1.29 is 9.90 Å². The molecule has 0 heterocycles. The van der Waals surface area contributed by atoms with Crippen molar-refractivity contribution >= 4 is 11.7 Å². The number of carboxylic acids is 1. The molecule has 0 aromatic carbocycles. The van der Waals surface area contributed by atoms with Gasteiger partial charge in [-0.05, 0) is 31.6 Å². The second-order valence-corrected chi connectivity index (χ2v) is 3.78. The first-order chi connectivity index (χ1) is 5.69. The van der Waals surface area contributed by atoms with Gasteiger partial charge in [0, 0.05) is 0 Å². The first-order valence-corrected chi connectivity index (χ1v) is 4.19. The van der Waals surface area contributed by atoms with Crippen molar-refractivity contribution in [1.29, 1.82) is 0 Å². The van der Waals surface area contributed by atoms with Crippen molar-refractivity contribution in [3.63, 3.8) is 0 Å². The van der Waals surface area contributed by atoms with Gasteiger partial charge in [-0.3, -0.25) is 4.79 Å². The van der Waals surface area contributed by atoms with Crippen LogP contribution in [0, 0.1) is 11.3 Å². The van der Waals surface area contributed by atoms with Crippen LogP contribution in [0.2, 0.25) is 0 Å². The Morgan fingerprint density at radius 1 is 1.75 bits per heavy atom. The summed E-state index contributed by atoms with van der Waals surface area (Å²) < 4.78 is 0. The Kier molecular flexibility index (Phi) is 1.40. The largest absolute Gasteiger partial charge is 0.481 e. The zero-order chi connectivity index (χ0) is 8.77. The van der Waals surface area contributed by atoms with Gasteiger partial charge in [0.15, 0.2) is 0 Å². The SMILES string of the molecule is N/N=C1\CC2CCC1(C(=O)O)C2. The molecule has 0 aromatic rings. The minimum atomic E-state index is -0.744. The molecule has 0 aromatic heterocycles. The van der Waals surface area contributed by atoms with Crippen LogP contribution in [0.3, 0.4) is 0 Å². The molecule has 0 radical (unpaired) electrons. The highest BCUT2D eigenvalue weighted by molar-refractivity contribution is 6.08. The van der Waals surface area contributed by atoms with E-state index >= 15 is 0 Å². The third kappa shape index (κ3) is 0.722. The van der Waals surface area contributed by atoms with E-state index in [0.29, 0.717) is 11.6 Å². The van der Waals surface area contributed by atoms with E-state index in [1.54, 1.807) is 0 Å². The van der Waals surface area contributed by atoms with Crippen LogP contribution in [-0.2, 0) is 4.79 Å². The first kappa shape index (κ1) is 7.58. The van der Waals surface area contributed by atoms with E-state index in [9.17, 15) is 4.79 Å². The van der Waals surface area contributed by atoms with Crippen LogP contribution in [-0.4, -0.2) is 16.8 Å². The average molecular weight is 168 g/mol. The number of hydrazone groups is 1. The molecule has 66 valence electrons. The van der Waals surface area contributed by atoms with Gasteiger partial charge in [-0.2, -0.15) is 5.10 Å². The topological polar surface area (TPSA) is 75.7 Å². The molecule has 0 saturated heterocycles. The lowest BCUT2D eigenvalue weighted by atomic mass is 9.82. The van der Waals surface area contributed by atoms with Crippen molar-refractivity contribution in [2.75, 3.05) is 0 Å². The number of carboxylic acid groups (broad SMARTS) is 1. The highest BCUT2D eigenvalue weighted by atomic mass is 16.4. The smallest absolute Gasteiger partial charge is 0.315 e. The zero-order valence-corrected chi connectivity index (χ0v) is 6.79. The summed E-state index contributed by atoms with van der Waals surface area (Å²) >= 11 is 0. The molecule has 2 atom stereocenters. The molecule has 3 N–H and O–H groups in total. The van der Waals surface area contributed by atoms with E-state index < -0.39 is 11.4 Å². The van der Waals surface area contributed by atoms with Crippen LogP contribution in [0.5, 0.6) is 0 Å². The Balaban J connectivity index is 2.39. The lowest BCUT2D eigenvalue weighted by Crippen LogP contribution is -2.35. The van der Waals surface area contributed by atoms with Gasteiger partial charge in [-0.1, -0.05) is 0 Å². The summed E-state index contributed by atoms with van der Waals surface area (Å²) in [5.41, 5.74) is 0.0191. The van der Waals surface area contributed by atoms with Crippen molar-refractivity contribution in [1.82, 2.24) is 0 Å². The predicted molar refractivity (Wildman–Crippen MR) is 43.6 cm³/mol. The third-order valence-corrected chi connectivity index (χ3v) is 3.22. The maximum atomic E-state index is 11.0. The number of aliphatic carboxylic acids is 1. The molecule has 0 aliphatic heterocycles. The number of fused-ring (bicyclic) bond motifs is 2. The summed E-state index contributed by atoms with van der Waals surface area (Å²) in [7, 11) is 0. The molecule has 0 amide bonds. The summed E-state index contributed by atoms with van der Waals surface area (Å²) in [4.78, 5) is 11.0. The number of nitrogens with zero attached hydrogens (tertiary/aromatic N) is 1. The molecule has 2 aliphatic carbocycles. The molecular weight excluding hydrogens is 156 g/mol. The number of hydrogen-bond donors (Lipinski definition) is 2. The van der Waals surface area contributed by atoms with Gasteiger partial charge in [0.2, 0.25) is 0 Å². The first-order valence-electron chi connectivity index (χ1n) is 4.19. The Bertz CT molecular complexity index is 262. The molecule has 12 heavy (non-hydrogen) atoms. The zero-order valence-electron chi connectivity index (χ0n) is 6.79. The van der Waals surface area contributed by atoms with Gasteiger partial charge in [-0.15, -0.1) is 0 Å². The number of rotatable bonds is 1. The Morgan fingerprint density at radius 2 is 2.50 bits per heavy atom. The maximum Gasteiger partial charge on any atom is 0.315 e. The quantitative estimate of drug-likeness (QED) is 0.444. The third-order valence-electron chi connectivity index (χ3n) is 3.22. The minimum absolute atomic E-state index is 0.517. The summed E-state index contributed by atoms with van der Waals surface area (Å²) in [5.74, 6) is 4.94. The summed E-state index contributed by atoms with van der Waals surface area (Å²) in [5, 5.41) is 12.7. The Labute approximate surface area is 70.4 Å². The lowest BCUT2D eigenvalue weighted by molar-refractivity contribution is -0.144. The van der Waals surface area contributed by atoms with Crippen LogP contribution in [0.1, 0.15) is 25.7 Å². The molecule has 2 saturated carbocycles. The Morgan fingerprint density at radius 3 is 2.92 bits per heavy atom. The summed E-state index contributed by atoms with van der Waals surface area (Å²) in [6.07, 6.45) is 3.29. The van der Waals surface area contributed by atoms with Gasteiger partial charge < -0.3 is 10.9 Å². The van der Waals surface area contributed by atoms with Crippen LogP contribution in [0.15, 0.2) is 5.10 Å². The molecule has 2 fully saturated rings. The van der Waals surface area contributed by atoms with E-state index in [1.165, 1.54) is 0 Å². The summed E-state index contributed by atoms with van der Waals surface area (Å²) in [6.45, 7) is 0. The van der Waals surface area contributed by atoms with Crippen molar-refractivity contribution in [3.8, 4) is 0 Å². The fourth-order valence-electron chi connectivity index (χ4n) is 2.55. The van der Waals surface area contributed by atoms with Crippen LogP contribution in [0.25, 0.3) is 0 Å². The highest BCUT2D eigenvalue weighted by Gasteiger charge is 2.55. The molecule has 0 spiro atoms. The van der Waals surface area contributed by atoms with E-state index in [2.05, 4.69) is 5.10 Å².